The number of phenolic OH excluding ortho intramolecular Hbond substituents is 1. The minimum absolute atomic E-state index is 0.00482. The van der Waals surface area contributed by atoms with Gasteiger partial charge in [0.1, 0.15) is 11.5 Å². The average Bonchev–Trinajstić information content (AvgIpc) is 2.93. The van der Waals surface area contributed by atoms with Crippen molar-refractivity contribution in [1.29, 1.82) is 0 Å². The third-order valence-electron chi connectivity index (χ3n) is 5.10. The van der Waals surface area contributed by atoms with Crippen LogP contribution in [0.4, 0.5) is 0 Å². The van der Waals surface area contributed by atoms with Gasteiger partial charge in [0.05, 0.1) is 17.2 Å². The summed E-state index contributed by atoms with van der Waals surface area (Å²) in [6.07, 6.45) is 0.693. The molecule has 0 bridgehead atoms. The third kappa shape index (κ3) is 4.17. The van der Waals surface area contributed by atoms with Crippen LogP contribution in [0.3, 0.4) is 0 Å². The first-order chi connectivity index (χ1) is 13.8. The number of aliphatic hydroxyl groups is 1. The van der Waals surface area contributed by atoms with E-state index in [0.717, 1.165) is 17.7 Å². The number of amides is 1. The molecule has 0 saturated carbocycles. The van der Waals surface area contributed by atoms with E-state index in [0.29, 0.717) is 13.0 Å². The van der Waals surface area contributed by atoms with E-state index in [1.165, 1.54) is 17.0 Å². The molecule has 1 fully saturated rings. The van der Waals surface area contributed by atoms with Crippen LogP contribution in [0.15, 0.2) is 54.1 Å². The summed E-state index contributed by atoms with van der Waals surface area (Å²) >= 11 is 0. The number of hydrogen-bond acceptors (Lipinski definition) is 5. The minimum atomic E-state index is -0.735. The topological polar surface area (TPSA) is 81.1 Å². The van der Waals surface area contributed by atoms with Gasteiger partial charge in [-0.05, 0) is 51.7 Å². The van der Waals surface area contributed by atoms with Crippen LogP contribution in [-0.4, -0.2) is 58.9 Å². The fourth-order valence-electron chi connectivity index (χ4n) is 3.58. The number of nitrogens with zero attached hydrogens (tertiary/aromatic N) is 2. The summed E-state index contributed by atoms with van der Waals surface area (Å²) in [5, 5.41) is 21.1. The molecule has 1 aliphatic rings. The molecule has 2 aromatic carbocycles. The molecule has 0 aromatic heterocycles. The van der Waals surface area contributed by atoms with Crippen LogP contribution >= 0.6 is 0 Å². The Bertz CT molecular complexity index is 948. The molecule has 0 unspecified atom stereocenters. The Morgan fingerprint density at radius 3 is 2.34 bits per heavy atom. The van der Waals surface area contributed by atoms with Gasteiger partial charge in [0.15, 0.2) is 0 Å². The number of aryl methyl sites for hydroxylation is 1. The Labute approximate surface area is 170 Å². The second-order valence-corrected chi connectivity index (χ2v) is 7.58. The molecule has 1 saturated heterocycles. The van der Waals surface area contributed by atoms with Crippen LogP contribution in [0.2, 0.25) is 0 Å². The van der Waals surface area contributed by atoms with Crippen LogP contribution in [0.1, 0.15) is 29.2 Å². The number of aromatic hydroxyl groups is 1. The molecule has 6 heteroatoms. The van der Waals surface area contributed by atoms with Gasteiger partial charge in [-0.15, -0.1) is 0 Å². The highest BCUT2D eigenvalue weighted by atomic mass is 16.3. The number of rotatable bonds is 6. The van der Waals surface area contributed by atoms with Crippen molar-refractivity contribution in [3.8, 4) is 5.75 Å². The second-order valence-electron chi connectivity index (χ2n) is 7.58. The number of aliphatic hydroxyl groups excluding tert-OH is 1. The molecule has 1 aliphatic heterocycles. The Morgan fingerprint density at radius 2 is 1.72 bits per heavy atom. The van der Waals surface area contributed by atoms with Gasteiger partial charge in [-0.2, -0.15) is 0 Å². The summed E-state index contributed by atoms with van der Waals surface area (Å²) in [6, 6.07) is 13.1. The summed E-state index contributed by atoms with van der Waals surface area (Å²) < 4.78 is 0. The van der Waals surface area contributed by atoms with E-state index in [-0.39, 0.29) is 22.6 Å². The molecule has 1 atom stereocenters. The predicted octanol–water partition coefficient (Wildman–Crippen LogP) is 3.07. The molecule has 29 heavy (non-hydrogen) atoms. The Kier molecular flexibility index (Phi) is 6.03. The lowest BCUT2D eigenvalue weighted by Gasteiger charge is -2.26. The first-order valence-corrected chi connectivity index (χ1v) is 9.59. The average molecular weight is 394 g/mol. The van der Waals surface area contributed by atoms with Crippen LogP contribution in [0.25, 0.3) is 5.76 Å². The number of phenols is 1. The summed E-state index contributed by atoms with van der Waals surface area (Å²) in [6.45, 7) is 3.11. The van der Waals surface area contributed by atoms with Crippen LogP contribution in [0.5, 0.6) is 5.75 Å². The third-order valence-corrected chi connectivity index (χ3v) is 5.10. The second kappa shape index (κ2) is 8.49. The number of para-hydroxylation sites is 1. The fourth-order valence-corrected chi connectivity index (χ4v) is 3.58. The Morgan fingerprint density at radius 1 is 1.07 bits per heavy atom. The molecule has 0 aliphatic carbocycles. The zero-order chi connectivity index (χ0) is 21.1. The molecule has 2 aromatic rings. The van der Waals surface area contributed by atoms with Crippen LogP contribution in [0, 0.1) is 6.92 Å². The number of likely N-dealkylation sites (tertiary alicyclic amines) is 1. The number of ketones is 1. The van der Waals surface area contributed by atoms with Crippen molar-refractivity contribution in [3.63, 3.8) is 0 Å². The smallest absolute Gasteiger partial charge is 0.295 e. The highest BCUT2D eigenvalue weighted by Gasteiger charge is 2.45. The molecule has 0 radical (unpaired) electrons. The molecule has 1 heterocycles. The van der Waals surface area contributed by atoms with Crippen molar-refractivity contribution in [1.82, 2.24) is 9.80 Å². The first-order valence-electron chi connectivity index (χ1n) is 9.59. The van der Waals surface area contributed by atoms with E-state index in [4.69, 9.17) is 0 Å². The van der Waals surface area contributed by atoms with Crippen molar-refractivity contribution in [2.45, 2.75) is 19.4 Å². The van der Waals surface area contributed by atoms with Gasteiger partial charge >= 0.3 is 0 Å². The maximum atomic E-state index is 12.9. The van der Waals surface area contributed by atoms with Gasteiger partial charge in [0.2, 0.25) is 0 Å². The van der Waals surface area contributed by atoms with Gasteiger partial charge in [-0.25, -0.2) is 0 Å². The standard InChI is InChI=1S/C23H26N2O4/c1-15-9-11-16(12-10-15)20-19(21(27)17-7-4-5-8-18(17)26)22(28)23(29)25(20)14-6-13-24(2)3/h4-5,7-12,20,26-27H,6,13-14H2,1-3H3/t20-/m1/s1. The Hall–Kier alpha value is -3.12. The van der Waals surface area contributed by atoms with Gasteiger partial charge in [0.25, 0.3) is 11.7 Å². The van der Waals surface area contributed by atoms with Crippen molar-refractivity contribution in [2.75, 3.05) is 27.2 Å². The molecular formula is C23H26N2O4. The predicted molar refractivity (Wildman–Crippen MR) is 111 cm³/mol. The molecule has 152 valence electrons. The quantitative estimate of drug-likeness (QED) is 0.447. The molecule has 6 nitrogen and oxygen atoms in total. The minimum Gasteiger partial charge on any atom is -0.507 e. The molecule has 1 amide bonds. The van der Waals surface area contributed by atoms with E-state index in [2.05, 4.69) is 0 Å². The summed E-state index contributed by atoms with van der Waals surface area (Å²) in [5.41, 5.74) is 1.94. The maximum absolute atomic E-state index is 12.9. The number of Topliss-reactive ketones (excluding diaryl/α,β-unsaturated/α-hetero) is 1. The number of carbonyl (C=O) groups is 2. The summed E-state index contributed by atoms with van der Waals surface area (Å²) in [5.74, 6) is -1.87. The number of hydrogen-bond donors (Lipinski definition) is 2. The zero-order valence-electron chi connectivity index (χ0n) is 16.9. The van der Waals surface area contributed by atoms with Gasteiger partial charge in [-0.1, -0.05) is 42.0 Å². The van der Waals surface area contributed by atoms with Crippen LogP contribution < -0.4 is 0 Å². The van der Waals surface area contributed by atoms with E-state index < -0.39 is 17.7 Å². The van der Waals surface area contributed by atoms with E-state index >= 15 is 0 Å². The highest BCUT2D eigenvalue weighted by Crippen LogP contribution is 2.40. The monoisotopic (exact) mass is 394 g/mol. The van der Waals surface area contributed by atoms with Gasteiger partial charge in [-0.3, -0.25) is 9.59 Å². The molecule has 0 spiro atoms. The van der Waals surface area contributed by atoms with E-state index in [1.807, 2.05) is 50.2 Å². The number of benzene rings is 2. The molecular weight excluding hydrogens is 368 g/mol. The lowest BCUT2D eigenvalue weighted by atomic mass is 9.94. The summed E-state index contributed by atoms with van der Waals surface area (Å²) in [4.78, 5) is 29.2. The van der Waals surface area contributed by atoms with Crippen molar-refractivity contribution in [3.05, 3.63) is 70.8 Å². The highest BCUT2D eigenvalue weighted by molar-refractivity contribution is 6.46. The zero-order valence-corrected chi connectivity index (χ0v) is 16.9. The van der Waals surface area contributed by atoms with Gasteiger partial charge < -0.3 is 20.0 Å². The lowest BCUT2D eigenvalue weighted by Crippen LogP contribution is -2.32. The van der Waals surface area contributed by atoms with Crippen LogP contribution in [-0.2, 0) is 9.59 Å². The molecule has 2 N–H and O–H groups in total. The van der Waals surface area contributed by atoms with Gasteiger partial charge in [0, 0.05) is 6.54 Å². The van der Waals surface area contributed by atoms with E-state index in [9.17, 15) is 19.8 Å². The summed E-state index contributed by atoms with van der Waals surface area (Å²) in [7, 11) is 3.90. The maximum Gasteiger partial charge on any atom is 0.295 e. The van der Waals surface area contributed by atoms with Crippen molar-refractivity contribution < 1.29 is 19.8 Å². The molecule has 3 rings (SSSR count). The normalized spacial score (nSPS) is 18.6. The van der Waals surface area contributed by atoms with Crippen molar-refractivity contribution in [2.24, 2.45) is 0 Å². The number of carbonyl (C=O) groups excluding carboxylic acids is 2. The largest absolute Gasteiger partial charge is 0.507 e. The SMILES string of the molecule is Cc1ccc([C@@H]2C(=C(O)c3ccccc3O)C(=O)C(=O)N2CCCN(C)C)cc1. The van der Waals surface area contributed by atoms with Crippen molar-refractivity contribution >= 4 is 17.4 Å². The Balaban J connectivity index is 2.11. The fraction of sp³-hybridized carbons (Fsp3) is 0.304. The first kappa shape index (κ1) is 20.6. The van der Waals surface area contributed by atoms with E-state index in [1.54, 1.807) is 12.1 Å². The lowest BCUT2D eigenvalue weighted by molar-refractivity contribution is -0.139.